The van der Waals surface area contributed by atoms with Crippen LogP contribution in [0.2, 0.25) is 0 Å². The van der Waals surface area contributed by atoms with Crippen molar-refractivity contribution in [3.8, 4) is 46.0 Å². The van der Waals surface area contributed by atoms with Crippen LogP contribution in [-0.4, -0.2) is 98.7 Å². The van der Waals surface area contributed by atoms with Crippen molar-refractivity contribution < 1.29 is 85.5 Å². The summed E-state index contributed by atoms with van der Waals surface area (Å²) >= 11 is 0. The van der Waals surface area contributed by atoms with Gasteiger partial charge in [0, 0.05) is 50.7 Å². The van der Waals surface area contributed by atoms with Gasteiger partial charge in [0.05, 0.1) is 39.8 Å². The molecule has 19 heteroatoms. The third-order valence-corrected chi connectivity index (χ3v) is 13.5. The number of ether oxygens (including phenoxy) is 14. The Morgan fingerprint density at radius 1 is 0.355 bits per heavy atom. The molecule has 1 heterocycles. The number of benzene rings is 4. The van der Waals surface area contributed by atoms with Gasteiger partial charge in [0.25, 0.3) is 0 Å². The van der Waals surface area contributed by atoms with Crippen LogP contribution in [-0.2, 0) is 41.6 Å². The van der Waals surface area contributed by atoms with E-state index in [1.165, 1.54) is 56.9 Å². The first-order valence-corrected chi connectivity index (χ1v) is 23.9. The fourth-order valence-electron chi connectivity index (χ4n) is 9.09. The average Bonchev–Trinajstić information content (AvgIpc) is 3.40. The lowest BCUT2D eigenvalue weighted by Crippen LogP contribution is -2.23. The molecule has 0 unspecified atom stereocenters. The number of esters is 4. The molecule has 0 N–H and O–H groups in total. The van der Waals surface area contributed by atoms with E-state index in [-0.39, 0.29) is 70.0 Å². The Labute approximate surface area is 443 Å². The third-order valence-electron chi connectivity index (χ3n) is 13.5. The molecule has 0 atom stereocenters. The summed E-state index contributed by atoms with van der Waals surface area (Å²) in [6, 6.07) is 5.49. The molecule has 0 bridgehead atoms. The molecule has 0 saturated carbocycles. The number of carbonyl (C=O) groups excluding carboxylic acids is 4. The fraction of sp³-hybridized carbons (Fsp3) is 0.421. The molecule has 0 amide bonds. The number of pyridine rings is 1. The minimum Gasteiger partial charge on any atom is -0.495 e. The van der Waals surface area contributed by atoms with Crippen molar-refractivity contribution in [2.45, 2.75) is 109 Å². The highest BCUT2D eigenvalue weighted by Gasteiger charge is 2.33. The molecule has 0 aliphatic heterocycles. The molecule has 0 aliphatic rings. The molecule has 0 saturated heterocycles. The summed E-state index contributed by atoms with van der Waals surface area (Å²) in [5.41, 5.74) is 8.23. The normalized spacial score (nSPS) is 11.1. The predicted octanol–water partition coefficient (Wildman–Crippen LogP) is 9.88. The van der Waals surface area contributed by atoms with Gasteiger partial charge in [0.15, 0.2) is 0 Å². The fourth-order valence-corrected chi connectivity index (χ4v) is 9.09. The molecular formula is C57H69NO18. The standard InChI is InChI=1S/C57H69NO18/c1-26-30(5)44(34(9)48(63-13)40(26)52(59)73-46-32(7)28(3)42(50(65-15)36(46)11)54(61)75-56(67-17)68-18)71-24-38-22-21-23-39(58-38)25-72-45-31(6)27(2)41(49(64-14)35(45)10)53(60)74-47-33(8)29(4)43(51(66-16)37(47)12)55(62)76-57(69-19)70-20/h21-23,56-57H,24-25H2,1-20H3. The van der Waals surface area contributed by atoms with Crippen LogP contribution in [0.3, 0.4) is 0 Å². The highest BCUT2D eigenvalue weighted by Crippen LogP contribution is 2.44. The second-order valence-electron chi connectivity index (χ2n) is 17.8. The van der Waals surface area contributed by atoms with Crippen LogP contribution >= 0.6 is 0 Å². The van der Waals surface area contributed by atoms with Crippen LogP contribution in [0.15, 0.2) is 18.2 Å². The van der Waals surface area contributed by atoms with Crippen LogP contribution in [0.5, 0.6) is 46.0 Å². The first kappa shape index (κ1) is 59.4. The third kappa shape index (κ3) is 11.7. The van der Waals surface area contributed by atoms with Gasteiger partial charge in [-0.25, -0.2) is 19.2 Å². The van der Waals surface area contributed by atoms with E-state index in [0.717, 1.165) is 0 Å². The van der Waals surface area contributed by atoms with Crippen LogP contribution in [0.25, 0.3) is 0 Å². The Morgan fingerprint density at radius 2 is 0.618 bits per heavy atom. The second kappa shape index (κ2) is 25.4. The number of hydrogen-bond acceptors (Lipinski definition) is 19. The molecule has 0 aliphatic carbocycles. The van der Waals surface area contributed by atoms with Gasteiger partial charge in [-0.1, -0.05) is 6.07 Å². The largest absolute Gasteiger partial charge is 0.495 e. The first-order chi connectivity index (χ1) is 36.0. The van der Waals surface area contributed by atoms with Gasteiger partial charge in [-0.2, -0.15) is 0 Å². The summed E-state index contributed by atoms with van der Waals surface area (Å²) in [7, 11) is 11.1. The van der Waals surface area contributed by atoms with E-state index >= 15 is 0 Å². The molecule has 0 radical (unpaired) electrons. The van der Waals surface area contributed by atoms with Gasteiger partial charge in [-0.05, 0) is 140 Å². The molecule has 5 aromatic rings. The zero-order chi connectivity index (χ0) is 56.6. The van der Waals surface area contributed by atoms with E-state index in [2.05, 4.69) is 0 Å². The molecule has 0 spiro atoms. The summed E-state index contributed by atoms with van der Waals surface area (Å²) in [5, 5.41) is 0. The minimum atomic E-state index is -1.24. The maximum absolute atomic E-state index is 14.2. The highest BCUT2D eigenvalue weighted by molar-refractivity contribution is 6.00. The smallest absolute Gasteiger partial charge is 0.347 e. The zero-order valence-corrected chi connectivity index (χ0v) is 47.1. The molecular weight excluding hydrogens is 987 g/mol. The lowest BCUT2D eigenvalue weighted by atomic mass is 9.95. The van der Waals surface area contributed by atoms with Gasteiger partial charge in [-0.15, -0.1) is 0 Å². The molecule has 410 valence electrons. The topological polar surface area (TPSA) is 210 Å². The quantitative estimate of drug-likeness (QED) is 0.0358. The zero-order valence-electron chi connectivity index (χ0n) is 47.1. The van der Waals surface area contributed by atoms with Crippen molar-refractivity contribution in [3.05, 3.63) is 119 Å². The van der Waals surface area contributed by atoms with Crippen molar-refractivity contribution in [3.63, 3.8) is 0 Å². The van der Waals surface area contributed by atoms with Crippen molar-refractivity contribution in [2.24, 2.45) is 0 Å². The summed E-state index contributed by atoms with van der Waals surface area (Å²) in [6.07, 6.45) is 0. The van der Waals surface area contributed by atoms with Gasteiger partial charge in [0.1, 0.15) is 81.5 Å². The van der Waals surface area contributed by atoms with E-state index in [0.29, 0.717) is 89.6 Å². The Kier molecular flexibility index (Phi) is 19.9. The summed E-state index contributed by atoms with van der Waals surface area (Å²) in [6.45, 7) is 18.7. The van der Waals surface area contributed by atoms with Crippen LogP contribution in [0.1, 0.15) is 120 Å². The Hall–Kier alpha value is -7.45. The highest BCUT2D eigenvalue weighted by atomic mass is 16.9. The summed E-state index contributed by atoms with van der Waals surface area (Å²) in [5.74, 6) is -0.597. The first-order valence-electron chi connectivity index (χ1n) is 23.9. The summed E-state index contributed by atoms with van der Waals surface area (Å²) < 4.78 is 79.0. The number of methoxy groups -OCH3 is 8. The van der Waals surface area contributed by atoms with Gasteiger partial charge < -0.3 is 66.3 Å². The van der Waals surface area contributed by atoms with Crippen molar-refractivity contribution in [2.75, 3.05) is 56.9 Å². The van der Waals surface area contributed by atoms with Gasteiger partial charge >= 0.3 is 36.8 Å². The number of nitrogens with zero attached hydrogens (tertiary/aromatic N) is 1. The average molecular weight is 1060 g/mol. The van der Waals surface area contributed by atoms with Crippen LogP contribution in [0.4, 0.5) is 0 Å². The van der Waals surface area contributed by atoms with Crippen LogP contribution < -0.4 is 37.9 Å². The molecule has 76 heavy (non-hydrogen) atoms. The maximum atomic E-state index is 14.2. The Balaban J connectivity index is 1.37. The van der Waals surface area contributed by atoms with E-state index in [1.807, 2.05) is 32.0 Å². The number of aromatic nitrogens is 1. The second-order valence-corrected chi connectivity index (χ2v) is 17.8. The number of hydrogen-bond donors (Lipinski definition) is 0. The van der Waals surface area contributed by atoms with Crippen molar-refractivity contribution in [1.29, 1.82) is 0 Å². The number of carbonyl (C=O) groups is 4. The molecule has 5 rings (SSSR count). The monoisotopic (exact) mass is 1060 g/mol. The van der Waals surface area contributed by atoms with E-state index in [4.69, 9.17) is 71.3 Å². The SMILES string of the molecule is COc1c(C)c(OCc2cccc(COc3c(C)c(C)c(C(=O)Oc4c(C)c(C)c(C(=O)OC(OC)OC)c(OC)c4C)c(OC)c3C)n2)c(C)c(C)c1C(=O)Oc1c(C)c(C)c(C(=O)OC(OC)OC)c(OC)c1C. The van der Waals surface area contributed by atoms with E-state index in [9.17, 15) is 19.2 Å². The van der Waals surface area contributed by atoms with E-state index < -0.39 is 36.8 Å². The van der Waals surface area contributed by atoms with Gasteiger partial charge in [-0.3, -0.25) is 4.98 Å². The molecule has 0 fully saturated rings. The molecule has 4 aromatic carbocycles. The predicted molar refractivity (Wildman–Crippen MR) is 278 cm³/mol. The van der Waals surface area contributed by atoms with E-state index in [1.54, 1.807) is 69.2 Å². The molecule has 1 aromatic heterocycles. The molecule has 19 nitrogen and oxygen atoms in total. The lowest BCUT2D eigenvalue weighted by Gasteiger charge is -2.23. The minimum absolute atomic E-state index is 0.0602. The summed E-state index contributed by atoms with van der Waals surface area (Å²) in [4.78, 5) is 59.8. The number of rotatable bonds is 22. The Morgan fingerprint density at radius 3 is 0.895 bits per heavy atom. The lowest BCUT2D eigenvalue weighted by molar-refractivity contribution is -0.236. The Bertz CT molecular complexity index is 2840. The van der Waals surface area contributed by atoms with Crippen molar-refractivity contribution in [1.82, 2.24) is 4.98 Å². The maximum Gasteiger partial charge on any atom is 0.347 e. The van der Waals surface area contributed by atoms with Crippen molar-refractivity contribution >= 4 is 23.9 Å². The van der Waals surface area contributed by atoms with Crippen LogP contribution in [0, 0.1) is 83.1 Å². The van der Waals surface area contributed by atoms with Gasteiger partial charge in [0.2, 0.25) is 0 Å².